The van der Waals surface area contributed by atoms with Gasteiger partial charge in [-0.25, -0.2) is 4.98 Å². The average Bonchev–Trinajstić information content (AvgIpc) is 3.01. The lowest BCUT2D eigenvalue weighted by molar-refractivity contribution is -0.143. The van der Waals surface area contributed by atoms with Crippen LogP contribution in [0.4, 0.5) is 0 Å². The second kappa shape index (κ2) is 8.88. The van der Waals surface area contributed by atoms with E-state index in [2.05, 4.69) is 10.3 Å². The van der Waals surface area contributed by atoms with E-state index in [9.17, 15) is 14.4 Å². The summed E-state index contributed by atoms with van der Waals surface area (Å²) in [6, 6.07) is 9.57. The third-order valence-electron chi connectivity index (χ3n) is 6.08. The first kappa shape index (κ1) is 21.0. The predicted octanol–water partition coefficient (Wildman–Crippen LogP) is 3.28. The van der Waals surface area contributed by atoms with E-state index in [4.69, 9.17) is 4.74 Å². The van der Waals surface area contributed by atoms with E-state index in [-0.39, 0.29) is 42.6 Å². The van der Waals surface area contributed by atoms with Crippen LogP contribution < -0.4 is 10.1 Å². The van der Waals surface area contributed by atoms with E-state index >= 15 is 0 Å². The van der Waals surface area contributed by atoms with E-state index in [1.165, 1.54) is 0 Å². The van der Waals surface area contributed by atoms with Gasteiger partial charge in [-0.2, -0.15) is 0 Å². The molecule has 3 amide bonds. The summed E-state index contributed by atoms with van der Waals surface area (Å²) in [4.78, 5) is 42.8. The third-order valence-corrected chi connectivity index (χ3v) is 6.08. The fourth-order valence-corrected chi connectivity index (χ4v) is 4.29. The van der Waals surface area contributed by atoms with Crippen molar-refractivity contribution in [3.8, 4) is 11.6 Å². The molecule has 1 N–H and O–H groups in total. The Bertz CT molecular complexity index is 978. The molecule has 2 fully saturated rings. The fraction of sp³-hybridized carbons (Fsp3) is 0.417. The van der Waals surface area contributed by atoms with Crippen LogP contribution in [0, 0.1) is 25.7 Å². The molecule has 162 valence electrons. The molecule has 0 radical (unpaired) electrons. The Morgan fingerprint density at radius 2 is 1.81 bits per heavy atom. The number of carbonyl (C=O) groups excluding carboxylic acids is 3. The number of benzene rings is 1. The minimum Gasteiger partial charge on any atom is -0.439 e. The van der Waals surface area contributed by atoms with Crippen LogP contribution in [0.2, 0.25) is 0 Å². The minimum atomic E-state index is -0.351. The van der Waals surface area contributed by atoms with E-state index in [0.29, 0.717) is 5.88 Å². The van der Waals surface area contributed by atoms with Crippen LogP contribution in [0.1, 0.15) is 42.4 Å². The zero-order valence-electron chi connectivity index (χ0n) is 17.9. The molecular formula is C24H27N3O4. The number of aryl methyl sites for hydroxylation is 2. The molecule has 2 aromatic rings. The van der Waals surface area contributed by atoms with Gasteiger partial charge in [0, 0.05) is 18.8 Å². The third kappa shape index (κ3) is 4.60. The van der Waals surface area contributed by atoms with E-state index in [1.54, 1.807) is 12.3 Å². The lowest BCUT2D eigenvalue weighted by atomic mass is 9.81. The Hall–Kier alpha value is -3.22. The summed E-state index contributed by atoms with van der Waals surface area (Å²) in [7, 11) is 0. The molecule has 1 aliphatic heterocycles. The molecule has 1 aromatic carbocycles. The highest BCUT2D eigenvalue weighted by Crippen LogP contribution is 2.37. The monoisotopic (exact) mass is 421 g/mol. The summed E-state index contributed by atoms with van der Waals surface area (Å²) in [5.41, 5.74) is 2.93. The van der Waals surface area contributed by atoms with E-state index in [1.807, 2.05) is 38.1 Å². The van der Waals surface area contributed by atoms with Crippen molar-refractivity contribution in [3.63, 3.8) is 0 Å². The average molecular weight is 421 g/mol. The molecule has 7 heteroatoms. The Kier molecular flexibility index (Phi) is 6.02. The smallest absolute Gasteiger partial charge is 0.240 e. The summed E-state index contributed by atoms with van der Waals surface area (Å²) in [5, 5.41) is 2.77. The first-order valence-corrected chi connectivity index (χ1v) is 10.7. The molecule has 2 atom stereocenters. The van der Waals surface area contributed by atoms with Gasteiger partial charge in [0.15, 0.2) is 0 Å². The quantitative estimate of drug-likeness (QED) is 0.723. The predicted molar refractivity (Wildman–Crippen MR) is 114 cm³/mol. The summed E-state index contributed by atoms with van der Waals surface area (Å²) in [5.74, 6) is 0.0226. The number of pyridine rings is 1. The maximum Gasteiger partial charge on any atom is 0.240 e. The molecule has 1 aliphatic carbocycles. The fourth-order valence-electron chi connectivity index (χ4n) is 4.29. The first-order valence-electron chi connectivity index (χ1n) is 10.7. The molecule has 2 unspecified atom stereocenters. The Morgan fingerprint density at radius 3 is 2.45 bits per heavy atom. The maximum atomic E-state index is 12.5. The van der Waals surface area contributed by atoms with Crippen LogP contribution in [-0.4, -0.2) is 34.2 Å². The van der Waals surface area contributed by atoms with Gasteiger partial charge < -0.3 is 10.1 Å². The van der Waals surface area contributed by atoms with Gasteiger partial charge in [-0.3, -0.25) is 19.3 Å². The van der Waals surface area contributed by atoms with Crippen molar-refractivity contribution in [1.29, 1.82) is 0 Å². The maximum absolute atomic E-state index is 12.5. The molecule has 31 heavy (non-hydrogen) atoms. The van der Waals surface area contributed by atoms with Crippen molar-refractivity contribution in [2.24, 2.45) is 11.8 Å². The molecule has 0 spiro atoms. The van der Waals surface area contributed by atoms with Crippen LogP contribution in [0.3, 0.4) is 0 Å². The number of fused-ring (bicyclic) bond motifs is 1. The summed E-state index contributed by atoms with van der Waals surface area (Å²) in [6.07, 6.45) is 5.07. The highest BCUT2D eigenvalue weighted by molar-refractivity contribution is 6.07. The summed E-state index contributed by atoms with van der Waals surface area (Å²) in [6.45, 7) is 4.02. The number of imide groups is 1. The van der Waals surface area contributed by atoms with E-state index < -0.39 is 0 Å². The van der Waals surface area contributed by atoms with E-state index in [0.717, 1.165) is 53.0 Å². The molecule has 0 bridgehead atoms. The van der Waals surface area contributed by atoms with Gasteiger partial charge >= 0.3 is 0 Å². The van der Waals surface area contributed by atoms with Gasteiger partial charge in [-0.15, -0.1) is 0 Å². The zero-order chi connectivity index (χ0) is 22.0. The number of nitrogens with zero attached hydrogens (tertiary/aromatic N) is 2. The van der Waals surface area contributed by atoms with Crippen LogP contribution in [-0.2, 0) is 20.9 Å². The van der Waals surface area contributed by atoms with Crippen molar-refractivity contribution in [2.75, 3.05) is 6.54 Å². The van der Waals surface area contributed by atoms with Crippen LogP contribution in [0.5, 0.6) is 11.6 Å². The van der Waals surface area contributed by atoms with Crippen molar-refractivity contribution < 1.29 is 19.1 Å². The molecule has 2 heterocycles. The summed E-state index contributed by atoms with van der Waals surface area (Å²) < 4.78 is 5.85. The number of ether oxygens (including phenoxy) is 1. The van der Waals surface area contributed by atoms with Crippen LogP contribution >= 0.6 is 0 Å². The highest BCUT2D eigenvalue weighted by atomic mass is 16.5. The number of carbonyl (C=O) groups is 3. The number of hydrogen-bond acceptors (Lipinski definition) is 5. The van der Waals surface area contributed by atoms with Gasteiger partial charge in [-0.1, -0.05) is 31.0 Å². The second-order valence-electron chi connectivity index (χ2n) is 8.41. The zero-order valence-corrected chi connectivity index (χ0v) is 17.9. The molecule has 1 saturated carbocycles. The Labute approximate surface area is 181 Å². The SMILES string of the molecule is Cc1ccc(C)c(Oc2ccc(CNC(=O)CN3C(=O)C4CCCCC4C3=O)cn2)c1. The topological polar surface area (TPSA) is 88.6 Å². The molecular weight excluding hydrogens is 394 g/mol. The van der Waals surface area contributed by atoms with Gasteiger partial charge in [0.25, 0.3) is 0 Å². The number of rotatable bonds is 6. The first-order chi connectivity index (χ1) is 14.9. The van der Waals surface area contributed by atoms with Gasteiger partial charge in [0.1, 0.15) is 12.3 Å². The largest absolute Gasteiger partial charge is 0.439 e. The molecule has 1 aromatic heterocycles. The highest BCUT2D eigenvalue weighted by Gasteiger charge is 2.48. The number of likely N-dealkylation sites (tertiary alicyclic amines) is 1. The lowest BCUT2D eigenvalue weighted by Gasteiger charge is -2.19. The molecule has 4 rings (SSSR count). The second-order valence-corrected chi connectivity index (χ2v) is 8.41. The molecule has 2 aliphatic rings. The standard InChI is InChI=1S/C24H27N3O4/c1-15-7-8-16(2)20(11-15)31-22-10-9-17(13-26-22)12-25-21(28)14-27-23(29)18-5-3-4-6-19(18)24(27)30/h7-11,13,18-19H,3-6,12,14H2,1-2H3,(H,25,28). The van der Waals surface area contributed by atoms with Crippen LogP contribution in [0.15, 0.2) is 36.5 Å². The van der Waals surface area contributed by atoms with Crippen LogP contribution in [0.25, 0.3) is 0 Å². The Balaban J connectivity index is 1.30. The van der Waals surface area contributed by atoms with Crippen molar-refractivity contribution in [2.45, 2.75) is 46.1 Å². The molecule has 7 nitrogen and oxygen atoms in total. The number of nitrogens with one attached hydrogen (secondary N) is 1. The van der Waals surface area contributed by atoms with Crippen molar-refractivity contribution in [1.82, 2.24) is 15.2 Å². The summed E-state index contributed by atoms with van der Waals surface area (Å²) >= 11 is 0. The Morgan fingerprint density at radius 1 is 1.10 bits per heavy atom. The number of hydrogen-bond donors (Lipinski definition) is 1. The lowest BCUT2D eigenvalue weighted by Crippen LogP contribution is -2.40. The van der Waals surface area contributed by atoms with Gasteiger partial charge in [0.2, 0.25) is 23.6 Å². The van der Waals surface area contributed by atoms with Gasteiger partial charge in [0.05, 0.1) is 11.8 Å². The van der Waals surface area contributed by atoms with Crippen molar-refractivity contribution in [3.05, 3.63) is 53.2 Å². The number of aromatic nitrogens is 1. The normalized spacial score (nSPS) is 20.5. The van der Waals surface area contributed by atoms with Crippen molar-refractivity contribution >= 4 is 17.7 Å². The number of amides is 3. The molecule has 1 saturated heterocycles. The minimum absolute atomic E-state index is 0.195. The van der Waals surface area contributed by atoms with Gasteiger partial charge in [-0.05, 0) is 49.4 Å².